The van der Waals surface area contributed by atoms with E-state index in [0.717, 1.165) is 30.5 Å². The zero-order valence-electron chi connectivity index (χ0n) is 21.8. The molecule has 2 heterocycles. The maximum Gasteiger partial charge on any atom is 0.328 e. The van der Waals surface area contributed by atoms with E-state index in [1.54, 1.807) is 16.7 Å². The number of rotatable bonds is 6. The molecular formula is C30H31F3N2O4. The zero-order valence-corrected chi connectivity index (χ0v) is 21.8. The number of amides is 2. The van der Waals surface area contributed by atoms with Gasteiger partial charge in [0.05, 0.1) is 6.61 Å². The number of likely N-dealkylation sites (tertiary alicyclic amines) is 2. The highest BCUT2D eigenvalue weighted by Crippen LogP contribution is 2.46. The third-order valence-electron chi connectivity index (χ3n) is 8.10. The minimum absolute atomic E-state index is 0.0435. The standard InChI is InChI=1S/C30H31F3N2O4/c1-2-39-29(38)25-17-30(18-35(25)28(37)22-6-4-3-5-21(22)20-8-9-20)11-13-34(14-12-30)26(36)10-7-19-15-23(31)27(33)24(32)16-19/h3-7,10,15-16,20,25H,2,8-9,11-14,17-18H2,1H3/b10-7+. The van der Waals surface area contributed by atoms with Crippen molar-refractivity contribution in [1.82, 2.24) is 9.80 Å². The van der Waals surface area contributed by atoms with Gasteiger partial charge < -0.3 is 14.5 Å². The third-order valence-corrected chi connectivity index (χ3v) is 8.10. The van der Waals surface area contributed by atoms with E-state index >= 15 is 0 Å². The van der Waals surface area contributed by atoms with Gasteiger partial charge in [0.25, 0.3) is 5.91 Å². The van der Waals surface area contributed by atoms with Crippen LogP contribution in [0.25, 0.3) is 6.08 Å². The van der Waals surface area contributed by atoms with E-state index in [0.29, 0.717) is 50.4 Å². The second kappa shape index (κ2) is 10.9. The van der Waals surface area contributed by atoms with Crippen LogP contribution in [0.15, 0.2) is 42.5 Å². The van der Waals surface area contributed by atoms with Crippen LogP contribution in [0, 0.1) is 22.9 Å². The highest BCUT2D eigenvalue weighted by atomic mass is 19.2. The molecule has 5 rings (SSSR count). The van der Waals surface area contributed by atoms with Crippen molar-refractivity contribution in [2.75, 3.05) is 26.2 Å². The minimum Gasteiger partial charge on any atom is -0.464 e. The summed E-state index contributed by atoms with van der Waals surface area (Å²) in [6, 6.07) is 8.57. The molecule has 1 saturated carbocycles. The Morgan fingerprint density at radius 2 is 1.72 bits per heavy atom. The normalized spacial score (nSPS) is 20.6. The fourth-order valence-corrected chi connectivity index (χ4v) is 5.82. The molecule has 2 saturated heterocycles. The number of carbonyl (C=O) groups excluding carboxylic acids is 3. The topological polar surface area (TPSA) is 66.9 Å². The van der Waals surface area contributed by atoms with Gasteiger partial charge in [-0.3, -0.25) is 9.59 Å². The second-order valence-electron chi connectivity index (χ2n) is 10.7. The fraction of sp³-hybridized carbons (Fsp3) is 0.433. The first kappa shape index (κ1) is 27.0. The second-order valence-corrected chi connectivity index (χ2v) is 10.7. The van der Waals surface area contributed by atoms with Crippen LogP contribution in [0.4, 0.5) is 13.2 Å². The molecule has 9 heteroatoms. The molecule has 6 nitrogen and oxygen atoms in total. The molecule has 0 aromatic heterocycles. The van der Waals surface area contributed by atoms with Gasteiger partial charge in [-0.2, -0.15) is 0 Å². The van der Waals surface area contributed by atoms with Crippen LogP contribution in [0.1, 0.15) is 66.4 Å². The van der Waals surface area contributed by atoms with Gasteiger partial charge in [0.2, 0.25) is 5.91 Å². The van der Waals surface area contributed by atoms with Crippen LogP contribution >= 0.6 is 0 Å². The lowest BCUT2D eigenvalue weighted by atomic mass is 9.76. The summed E-state index contributed by atoms with van der Waals surface area (Å²) in [5.74, 6) is -4.72. The molecule has 206 valence electrons. The molecule has 0 radical (unpaired) electrons. The van der Waals surface area contributed by atoms with Gasteiger partial charge in [0.1, 0.15) is 6.04 Å². The first-order valence-corrected chi connectivity index (χ1v) is 13.4. The number of piperidine rings is 1. The fourth-order valence-electron chi connectivity index (χ4n) is 5.82. The van der Waals surface area contributed by atoms with Gasteiger partial charge in [-0.05, 0) is 85.8 Å². The predicted molar refractivity (Wildman–Crippen MR) is 138 cm³/mol. The lowest BCUT2D eigenvalue weighted by Gasteiger charge is -2.38. The van der Waals surface area contributed by atoms with Crippen LogP contribution < -0.4 is 0 Å². The van der Waals surface area contributed by atoms with E-state index in [1.165, 1.54) is 12.2 Å². The number of benzene rings is 2. The summed E-state index contributed by atoms with van der Waals surface area (Å²) in [7, 11) is 0. The summed E-state index contributed by atoms with van der Waals surface area (Å²) >= 11 is 0. The van der Waals surface area contributed by atoms with Gasteiger partial charge in [-0.25, -0.2) is 18.0 Å². The average molecular weight is 541 g/mol. The summed E-state index contributed by atoms with van der Waals surface area (Å²) in [6.07, 6.45) is 6.23. The van der Waals surface area contributed by atoms with E-state index in [1.807, 2.05) is 24.3 Å². The molecule has 1 spiro atoms. The van der Waals surface area contributed by atoms with Crippen LogP contribution in [0.3, 0.4) is 0 Å². The van der Waals surface area contributed by atoms with Gasteiger partial charge >= 0.3 is 5.97 Å². The average Bonchev–Trinajstić information content (AvgIpc) is 3.72. The largest absolute Gasteiger partial charge is 0.464 e. The lowest BCUT2D eigenvalue weighted by molar-refractivity contribution is -0.147. The molecule has 1 aliphatic carbocycles. The molecule has 2 aromatic rings. The van der Waals surface area contributed by atoms with Crippen molar-refractivity contribution in [2.24, 2.45) is 5.41 Å². The van der Waals surface area contributed by atoms with E-state index in [-0.39, 0.29) is 29.4 Å². The Morgan fingerprint density at radius 3 is 2.36 bits per heavy atom. The van der Waals surface area contributed by atoms with Crippen LogP contribution in [-0.2, 0) is 14.3 Å². The maximum atomic E-state index is 13.8. The van der Waals surface area contributed by atoms with Crippen LogP contribution in [0.2, 0.25) is 0 Å². The lowest BCUT2D eigenvalue weighted by Crippen LogP contribution is -2.44. The van der Waals surface area contributed by atoms with Crippen molar-refractivity contribution in [2.45, 2.75) is 51.0 Å². The summed E-state index contributed by atoms with van der Waals surface area (Å²) in [6.45, 7) is 3.18. The first-order chi connectivity index (χ1) is 18.7. The summed E-state index contributed by atoms with van der Waals surface area (Å²) in [4.78, 5) is 42.8. The Labute approximate surface area is 225 Å². The minimum atomic E-state index is -1.55. The predicted octanol–water partition coefficient (Wildman–Crippen LogP) is 5.08. The van der Waals surface area contributed by atoms with Crippen molar-refractivity contribution >= 4 is 23.9 Å². The molecule has 2 amide bonds. The van der Waals surface area contributed by atoms with Gasteiger partial charge in [0.15, 0.2) is 17.5 Å². The Balaban J connectivity index is 1.28. The SMILES string of the molecule is CCOC(=O)C1CC2(CCN(C(=O)/C=C/c3cc(F)c(F)c(F)c3)CC2)CN1C(=O)c1ccccc1C1CC1. The Kier molecular flexibility index (Phi) is 7.51. The van der Waals surface area contributed by atoms with Gasteiger partial charge in [-0.1, -0.05) is 18.2 Å². The monoisotopic (exact) mass is 540 g/mol. The summed E-state index contributed by atoms with van der Waals surface area (Å²) in [5.41, 5.74) is 1.38. The van der Waals surface area contributed by atoms with Crippen molar-refractivity contribution in [3.63, 3.8) is 0 Å². The number of hydrogen-bond donors (Lipinski definition) is 0. The van der Waals surface area contributed by atoms with Crippen molar-refractivity contribution in [3.8, 4) is 0 Å². The van der Waals surface area contributed by atoms with E-state index < -0.39 is 29.5 Å². The Bertz CT molecular complexity index is 1290. The molecule has 0 bridgehead atoms. The smallest absolute Gasteiger partial charge is 0.328 e. The summed E-state index contributed by atoms with van der Waals surface area (Å²) < 4.78 is 45.5. The molecule has 39 heavy (non-hydrogen) atoms. The number of carbonyl (C=O) groups is 3. The highest BCUT2D eigenvalue weighted by Gasteiger charge is 2.51. The third kappa shape index (κ3) is 5.58. The number of halogens is 3. The zero-order chi connectivity index (χ0) is 27.7. The number of nitrogens with zero attached hydrogens (tertiary/aromatic N) is 2. The maximum absolute atomic E-state index is 13.8. The molecule has 2 aromatic carbocycles. The highest BCUT2D eigenvalue weighted by molar-refractivity contribution is 5.99. The Hall–Kier alpha value is -3.62. The van der Waals surface area contributed by atoms with Crippen molar-refractivity contribution in [1.29, 1.82) is 0 Å². The molecule has 1 atom stereocenters. The molecule has 3 fully saturated rings. The van der Waals surface area contributed by atoms with Gasteiger partial charge in [-0.15, -0.1) is 0 Å². The van der Waals surface area contributed by atoms with Crippen molar-refractivity contribution in [3.05, 3.63) is 76.6 Å². The van der Waals surface area contributed by atoms with Crippen molar-refractivity contribution < 1.29 is 32.3 Å². The summed E-state index contributed by atoms with van der Waals surface area (Å²) in [5, 5.41) is 0. The molecule has 3 aliphatic rings. The van der Waals surface area contributed by atoms with E-state index in [4.69, 9.17) is 4.74 Å². The van der Waals surface area contributed by atoms with E-state index in [9.17, 15) is 27.6 Å². The molecule has 0 N–H and O–H groups in total. The number of esters is 1. The quantitative estimate of drug-likeness (QED) is 0.291. The van der Waals surface area contributed by atoms with Gasteiger partial charge in [0, 0.05) is 31.3 Å². The van der Waals surface area contributed by atoms with E-state index in [2.05, 4.69) is 0 Å². The van der Waals surface area contributed by atoms with Crippen LogP contribution in [-0.4, -0.2) is 59.9 Å². The number of hydrogen-bond acceptors (Lipinski definition) is 4. The Morgan fingerprint density at radius 1 is 1.05 bits per heavy atom. The number of ether oxygens (including phenoxy) is 1. The van der Waals surface area contributed by atoms with Crippen LogP contribution in [0.5, 0.6) is 0 Å². The molecular weight excluding hydrogens is 509 g/mol. The molecule has 1 unspecified atom stereocenters. The molecule has 2 aliphatic heterocycles. The first-order valence-electron chi connectivity index (χ1n) is 13.4.